The summed E-state index contributed by atoms with van der Waals surface area (Å²) in [4.78, 5) is 0.125. The Kier molecular flexibility index (Phi) is 4.67. The predicted molar refractivity (Wildman–Crippen MR) is 101 cm³/mol. The Morgan fingerprint density at radius 1 is 1.15 bits per heavy atom. The monoisotopic (exact) mass is 405 g/mol. The second-order valence-electron chi connectivity index (χ2n) is 6.01. The van der Waals surface area contributed by atoms with Gasteiger partial charge in [-0.05, 0) is 36.4 Å². The Labute approximate surface area is 161 Å². The zero-order chi connectivity index (χ0) is 18.9. The topological polar surface area (TPSA) is 82.5 Å². The van der Waals surface area contributed by atoms with Crippen LogP contribution in [0.25, 0.3) is 0 Å². The molecule has 0 aliphatic carbocycles. The Morgan fingerprint density at radius 3 is 2.67 bits per heavy atom. The van der Waals surface area contributed by atoms with Crippen molar-refractivity contribution in [2.75, 3.05) is 11.3 Å². The molecule has 0 fully saturated rings. The number of fused-ring (bicyclic) bond motifs is 1. The highest BCUT2D eigenvalue weighted by Crippen LogP contribution is 2.31. The molecule has 3 aromatic rings. The molecule has 0 bridgehead atoms. The van der Waals surface area contributed by atoms with Crippen LogP contribution in [0.5, 0.6) is 11.5 Å². The van der Waals surface area contributed by atoms with Crippen LogP contribution in [0.2, 0.25) is 5.02 Å². The molecule has 0 saturated heterocycles. The summed E-state index contributed by atoms with van der Waals surface area (Å²) in [6, 6.07) is 13.4. The molecule has 1 aliphatic heterocycles. The first kappa shape index (κ1) is 17.7. The van der Waals surface area contributed by atoms with E-state index in [2.05, 4.69) is 9.82 Å². The molecular formula is C18H16ClN3O4S. The average molecular weight is 406 g/mol. The maximum Gasteiger partial charge on any atom is 0.261 e. The Hall–Kier alpha value is -2.71. The van der Waals surface area contributed by atoms with Gasteiger partial charge in [0.15, 0.2) is 17.6 Å². The first-order valence-electron chi connectivity index (χ1n) is 8.19. The van der Waals surface area contributed by atoms with Gasteiger partial charge in [0.1, 0.15) is 6.61 Å². The van der Waals surface area contributed by atoms with Crippen molar-refractivity contribution in [1.82, 2.24) is 9.78 Å². The highest BCUT2D eigenvalue weighted by Gasteiger charge is 2.22. The van der Waals surface area contributed by atoms with Crippen LogP contribution in [-0.2, 0) is 16.6 Å². The largest absolute Gasteiger partial charge is 0.486 e. The zero-order valence-corrected chi connectivity index (χ0v) is 15.7. The van der Waals surface area contributed by atoms with Gasteiger partial charge in [0, 0.05) is 11.2 Å². The van der Waals surface area contributed by atoms with E-state index in [1.807, 2.05) is 24.3 Å². The molecule has 0 radical (unpaired) electrons. The van der Waals surface area contributed by atoms with Crippen molar-refractivity contribution in [1.29, 1.82) is 0 Å². The molecule has 27 heavy (non-hydrogen) atoms. The van der Waals surface area contributed by atoms with E-state index in [1.54, 1.807) is 10.9 Å². The maximum absolute atomic E-state index is 12.4. The number of halogens is 1. The van der Waals surface area contributed by atoms with Gasteiger partial charge in [-0.25, -0.2) is 8.42 Å². The summed E-state index contributed by atoms with van der Waals surface area (Å²) in [7, 11) is -3.71. The van der Waals surface area contributed by atoms with Crippen molar-refractivity contribution in [2.45, 2.75) is 17.5 Å². The number of nitrogens with zero attached hydrogens (tertiary/aromatic N) is 2. The summed E-state index contributed by atoms with van der Waals surface area (Å²) in [5.41, 5.74) is 0.363. The van der Waals surface area contributed by atoms with E-state index >= 15 is 0 Å². The fourth-order valence-electron chi connectivity index (χ4n) is 2.71. The quantitative estimate of drug-likeness (QED) is 0.705. The second-order valence-corrected chi connectivity index (χ2v) is 8.13. The van der Waals surface area contributed by atoms with Gasteiger partial charge in [-0.3, -0.25) is 9.40 Å². The van der Waals surface area contributed by atoms with E-state index < -0.39 is 10.0 Å². The number of benzene rings is 2. The molecule has 1 aliphatic rings. The number of rotatable bonds is 5. The molecule has 2 aromatic carbocycles. The van der Waals surface area contributed by atoms with Gasteiger partial charge in [0.25, 0.3) is 10.0 Å². The Morgan fingerprint density at radius 2 is 1.89 bits per heavy atom. The lowest BCUT2D eigenvalue weighted by Gasteiger charge is -2.26. The van der Waals surface area contributed by atoms with Crippen LogP contribution >= 0.6 is 11.6 Å². The smallest absolute Gasteiger partial charge is 0.261 e. The lowest BCUT2D eigenvalue weighted by atomic mass is 10.2. The van der Waals surface area contributed by atoms with Gasteiger partial charge in [-0.2, -0.15) is 5.10 Å². The van der Waals surface area contributed by atoms with Gasteiger partial charge in [0.05, 0.1) is 23.3 Å². The summed E-state index contributed by atoms with van der Waals surface area (Å²) in [6.07, 6.45) is 2.84. The van der Waals surface area contributed by atoms with Gasteiger partial charge < -0.3 is 9.47 Å². The summed E-state index contributed by atoms with van der Waals surface area (Å²) < 4.78 is 40.5. The molecule has 0 spiro atoms. The molecule has 1 aromatic heterocycles. The van der Waals surface area contributed by atoms with E-state index in [0.717, 1.165) is 0 Å². The minimum absolute atomic E-state index is 0.125. The van der Waals surface area contributed by atoms with Crippen LogP contribution in [0, 0.1) is 0 Å². The number of anilines is 1. The van der Waals surface area contributed by atoms with Crippen LogP contribution in [0.15, 0.2) is 65.8 Å². The van der Waals surface area contributed by atoms with Gasteiger partial charge in [-0.15, -0.1) is 0 Å². The Bertz CT molecular complexity index is 1050. The Balaban J connectivity index is 1.42. The van der Waals surface area contributed by atoms with Crippen LogP contribution < -0.4 is 14.2 Å². The molecule has 140 valence electrons. The van der Waals surface area contributed by atoms with E-state index in [4.69, 9.17) is 21.1 Å². The van der Waals surface area contributed by atoms with Crippen molar-refractivity contribution in [3.8, 4) is 11.5 Å². The van der Waals surface area contributed by atoms with Crippen molar-refractivity contribution >= 4 is 27.3 Å². The number of nitrogens with one attached hydrogen (secondary N) is 1. The number of sulfonamides is 1. The lowest BCUT2D eigenvalue weighted by Crippen LogP contribution is -2.33. The van der Waals surface area contributed by atoms with Crippen LogP contribution in [-0.4, -0.2) is 30.9 Å². The first-order chi connectivity index (χ1) is 13.0. The molecule has 9 heteroatoms. The molecule has 1 unspecified atom stereocenters. The van der Waals surface area contributed by atoms with E-state index in [1.165, 1.54) is 30.5 Å². The van der Waals surface area contributed by atoms with Gasteiger partial charge in [-0.1, -0.05) is 23.7 Å². The third kappa shape index (κ3) is 4.01. The summed E-state index contributed by atoms with van der Waals surface area (Å²) >= 11 is 5.80. The van der Waals surface area contributed by atoms with E-state index in [0.29, 0.717) is 35.4 Å². The number of para-hydroxylation sites is 2. The zero-order valence-electron chi connectivity index (χ0n) is 14.1. The van der Waals surface area contributed by atoms with Crippen molar-refractivity contribution in [2.24, 2.45) is 0 Å². The summed E-state index contributed by atoms with van der Waals surface area (Å²) in [5.74, 6) is 1.40. The van der Waals surface area contributed by atoms with Crippen LogP contribution in [0.3, 0.4) is 0 Å². The third-order valence-electron chi connectivity index (χ3n) is 3.97. The first-order valence-corrected chi connectivity index (χ1v) is 10.0. The molecule has 1 atom stereocenters. The van der Waals surface area contributed by atoms with Crippen LogP contribution in [0.1, 0.15) is 0 Å². The minimum Gasteiger partial charge on any atom is -0.486 e. The summed E-state index contributed by atoms with van der Waals surface area (Å²) in [5, 5.41) is 4.66. The van der Waals surface area contributed by atoms with Gasteiger partial charge in [0.2, 0.25) is 0 Å². The van der Waals surface area contributed by atoms with E-state index in [-0.39, 0.29) is 11.0 Å². The number of aromatic nitrogens is 2. The lowest BCUT2D eigenvalue weighted by molar-refractivity contribution is 0.0759. The molecule has 2 heterocycles. The molecule has 0 saturated carbocycles. The minimum atomic E-state index is -3.71. The van der Waals surface area contributed by atoms with E-state index in [9.17, 15) is 8.42 Å². The fourth-order valence-corrected chi connectivity index (χ4v) is 3.86. The molecule has 7 nitrogen and oxygen atoms in total. The molecule has 4 rings (SSSR count). The fraction of sp³-hybridized carbons (Fsp3) is 0.167. The van der Waals surface area contributed by atoms with Gasteiger partial charge >= 0.3 is 0 Å². The highest BCUT2D eigenvalue weighted by molar-refractivity contribution is 7.92. The standard InChI is InChI=1S/C18H16ClN3O4S/c19-13-5-7-16(8-6-13)27(23,24)21-14-9-20-22(10-14)11-15-12-25-17-3-1-2-4-18(17)26-15/h1-10,15,21H,11-12H2. The molecular weight excluding hydrogens is 390 g/mol. The third-order valence-corrected chi connectivity index (χ3v) is 5.62. The average Bonchev–Trinajstić information content (AvgIpc) is 3.08. The molecule has 0 amide bonds. The second kappa shape index (κ2) is 7.13. The van der Waals surface area contributed by atoms with Crippen LogP contribution in [0.4, 0.5) is 5.69 Å². The number of ether oxygens (including phenoxy) is 2. The van der Waals surface area contributed by atoms with Crippen molar-refractivity contribution < 1.29 is 17.9 Å². The number of hydrogen-bond acceptors (Lipinski definition) is 5. The van der Waals surface area contributed by atoms with Crippen molar-refractivity contribution in [3.05, 3.63) is 65.9 Å². The highest BCUT2D eigenvalue weighted by atomic mass is 35.5. The molecule has 1 N–H and O–H groups in total. The maximum atomic E-state index is 12.4. The number of hydrogen-bond donors (Lipinski definition) is 1. The SMILES string of the molecule is O=S(=O)(Nc1cnn(CC2COc3ccccc3O2)c1)c1ccc(Cl)cc1. The van der Waals surface area contributed by atoms with Crippen molar-refractivity contribution in [3.63, 3.8) is 0 Å². The summed E-state index contributed by atoms with van der Waals surface area (Å²) in [6.45, 7) is 0.819. The normalized spacial score (nSPS) is 16.1. The predicted octanol–water partition coefficient (Wildman–Crippen LogP) is 3.18.